The van der Waals surface area contributed by atoms with E-state index < -0.39 is 18.5 Å². The molecule has 1 heterocycles. The van der Waals surface area contributed by atoms with E-state index in [4.69, 9.17) is 4.74 Å². The Morgan fingerprint density at radius 2 is 1.55 bits per heavy atom. The van der Waals surface area contributed by atoms with Crippen molar-refractivity contribution in [1.29, 1.82) is 0 Å². The number of imidazole rings is 1. The zero-order valence-electron chi connectivity index (χ0n) is 18.0. The lowest BCUT2D eigenvalue weighted by Crippen LogP contribution is -2.23. The summed E-state index contributed by atoms with van der Waals surface area (Å²) in [4.78, 5) is 52.9. The summed E-state index contributed by atoms with van der Waals surface area (Å²) in [5.41, 5.74) is 1.08. The van der Waals surface area contributed by atoms with Crippen LogP contribution >= 0.6 is 11.8 Å². The first-order valence-electron chi connectivity index (χ1n) is 9.91. The molecule has 0 spiro atoms. The molecule has 0 fully saturated rings. The topological polar surface area (TPSA) is 119 Å². The second kappa shape index (κ2) is 11.1. The molecule has 0 bridgehead atoms. The van der Waals surface area contributed by atoms with Crippen LogP contribution < -0.4 is 10.6 Å². The van der Waals surface area contributed by atoms with Crippen LogP contribution in [0.15, 0.2) is 66.1 Å². The number of ether oxygens (including phenoxy) is 1. The second-order valence-corrected chi connectivity index (χ2v) is 7.87. The van der Waals surface area contributed by atoms with Crippen molar-refractivity contribution in [2.24, 2.45) is 7.05 Å². The van der Waals surface area contributed by atoms with Gasteiger partial charge < -0.3 is 19.9 Å². The van der Waals surface area contributed by atoms with E-state index in [9.17, 15) is 19.2 Å². The molecule has 0 radical (unpaired) electrons. The van der Waals surface area contributed by atoms with Gasteiger partial charge in [-0.15, -0.1) is 0 Å². The molecule has 0 atom stereocenters. The molecule has 10 heteroatoms. The second-order valence-electron chi connectivity index (χ2n) is 6.93. The summed E-state index contributed by atoms with van der Waals surface area (Å²) in [6.45, 7) is 0.841. The Hall–Kier alpha value is -3.92. The monoisotopic (exact) mass is 466 g/mol. The molecule has 33 heavy (non-hydrogen) atoms. The number of thioether (sulfide) groups is 1. The molecule has 2 N–H and O–H groups in total. The number of carbonyl (C=O) groups excluding carboxylic acids is 4. The fraction of sp³-hybridized carbons (Fsp3) is 0.174. The van der Waals surface area contributed by atoms with Gasteiger partial charge in [-0.1, -0.05) is 36.0 Å². The molecule has 3 aromatic rings. The van der Waals surface area contributed by atoms with E-state index in [2.05, 4.69) is 15.6 Å². The number of nitrogens with one attached hydrogen (secondary N) is 2. The maximum absolute atomic E-state index is 12.5. The number of esters is 1. The van der Waals surface area contributed by atoms with Crippen LogP contribution in [0.4, 0.5) is 11.4 Å². The van der Waals surface area contributed by atoms with E-state index in [0.29, 0.717) is 16.4 Å². The molecule has 0 aliphatic heterocycles. The molecule has 0 aliphatic carbocycles. The van der Waals surface area contributed by atoms with Crippen LogP contribution in [0.2, 0.25) is 0 Å². The van der Waals surface area contributed by atoms with Gasteiger partial charge in [0, 0.05) is 25.0 Å². The zero-order valence-corrected chi connectivity index (χ0v) is 18.8. The Morgan fingerprint density at radius 3 is 2.18 bits per heavy atom. The summed E-state index contributed by atoms with van der Waals surface area (Å²) in [6, 6.07) is 12.9. The number of aryl methyl sites for hydroxylation is 1. The first kappa shape index (κ1) is 23.7. The number of aromatic nitrogens is 2. The smallest absolute Gasteiger partial charge is 0.340 e. The van der Waals surface area contributed by atoms with Crippen molar-refractivity contribution in [3.63, 3.8) is 0 Å². The van der Waals surface area contributed by atoms with Crippen LogP contribution in [0.1, 0.15) is 27.6 Å². The van der Waals surface area contributed by atoms with Gasteiger partial charge in [0.25, 0.3) is 5.91 Å². The molecule has 0 aliphatic rings. The van der Waals surface area contributed by atoms with Gasteiger partial charge in [0.05, 0.1) is 22.7 Å². The minimum atomic E-state index is -0.766. The average molecular weight is 467 g/mol. The largest absolute Gasteiger partial charge is 0.452 e. The predicted octanol–water partition coefficient (Wildman–Crippen LogP) is 3.15. The highest BCUT2D eigenvalue weighted by molar-refractivity contribution is 7.99. The van der Waals surface area contributed by atoms with Crippen molar-refractivity contribution in [2.45, 2.75) is 12.1 Å². The lowest BCUT2D eigenvalue weighted by atomic mass is 10.1. The summed E-state index contributed by atoms with van der Waals surface area (Å²) in [6.07, 6.45) is 3.42. The fourth-order valence-corrected chi connectivity index (χ4v) is 3.60. The number of nitrogens with zero attached hydrogens (tertiary/aromatic N) is 2. The van der Waals surface area contributed by atoms with Gasteiger partial charge in [0.1, 0.15) is 0 Å². The normalized spacial score (nSPS) is 10.4. The third kappa shape index (κ3) is 6.53. The van der Waals surface area contributed by atoms with Gasteiger partial charge in [-0.3, -0.25) is 14.4 Å². The summed E-state index contributed by atoms with van der Waals surface area (Å²) >= 11 is 1.26. The molecule has 170 valence electrons. The van der Waals surface area contributed by atoms with E-state index in [1.54, 1.807) is 59.4 Å². The maximum atomic E-state index is 12.5. The Labute approximate surface area is 194 Å². The Morgan fingerprint density at radius 1 is 0.939 bits per heavy atom. The third-order valence-electron chi connectivity index (χ3n) is 4.45. The van der Waals surface area contributed by atoms with Crippen LogP contribution in [0.25, 0.3) is 0 Å². The predicted molar refractivity (Wildman–Crippen MR) is 124 cm³/mol. The molecule has 0 unspecified atom stereocenters. The summed E-state index contributed by atoms with van der Waals surface area (Å²) in [5, 5.41) is 5.94. The number of anilines is 2. The lowest BCUT2D eigenvalue weighted by molar-refractivity contribution is -0.119. The van der Waals surface area contributed by atoms with Crippen molar-refractivity contribution in [2.75, 3.05) is 23.0 Å². The molecule has 0 saturated carbocycles. The highest BCUT2D eigenvalue weighted by Gasteiger charge is 2.17. The van der Waals surface area contributed by atoms with E-state index in [-0.39, 0.29) is 28.7 Å². The van der Waals surface area contributed by atoms with Gasteiger partial charge in [0.15, 0.2) is 17.5 Å². The molecule has 2 aromatic carbocycles. The van der Waals surface area contributed by atoms with Crippen LogP contribution in [-0.4, -0.2) is 45.5 Å². The van der Waals surface area contributed by atoms with Crippen molar-refractivity contribution < 1.29 is 23.9 Å². The number of rotatable bonds is 9. The average Bonchev–Trinajstić information content (AvgIpc) is 3.21. The van der Waals surface area contributed by atoms with Crippen molar-refractivity contribution in [3.05, 3.63) is 72.1 Å². The van der Waals surface area contributed by atoms with Gasteiger partial charge in [-0.2, -0.15) is 0 Å². The van der Waals surface area contributed by atoms with E-state index in [1.165, 1.54) is 24.8 Å². The Kier molecular flexibility index (Phi) is 7.98. The number of ketones is 1. The SMILES string of the molecule is CC(=O)c1ccccc1NC(=O)COC(=O)c1ccccc1NC(=O)CSc1nccn1C. The lowest BCUT2D eigenvalue weighted by Gasteiger charge is -2.12. The zero-order chi connectivity index (χ0) is 23.8. The van der Waals surface area contributed by atoms with E-state index in [1.807, 2.05) is 7.05 Å². The van der Waals surface area contributed by atoms with Crippen LogP contribution in [0, 0.1) is 0 Å². The maximum Gasteiger partial charge on any atom is 0.340 e. The minimum absolute atomic E-state index is 0.103. The number of carbonyl (C=O) groups is 4. The number of benzene rings is 2. The highest BCUT2D eigenvalue weighted by Crippen LogP contribution is 2.19. The molecular formula is C23H22N4O5S. The van der Waals surface area contributed by atoms with Gasteiger partial charge >= 0.3 is 5.97 Å². The summed E-state index contributed by atoms with van der Waals surface area (Å²) in [7, 11) is 1.83. The number of amides is 2. The molecule has 3 rings (SSSR count). The van der Waals surface area contributed by atoms with Crippen LogP contribution in [0.5, 0.6) is 0 Å². The molecule has 0 saturated heterocycles. The number of para-hydroxylation sites is 2. The van der Waals surface area contributed by atoms with Gasteiger partial charge in [-0.25, -0.2) is 9.78 Å². The van der Waals surface area contributed by atoms with E-state index in [0.717, 1.165) is 0 Å². The number of Topliss-reactive ketones (excluding diaryl/α,β-unsaturated/α-hetero) is 1. The highest BCUT2D eigenvalue weighted by atomic mass is 32.2. The summed E-state index contributed by atoms with van der Waals surface area (Å²) < 4.78 is 6.91. The van der Waals surface area contributed by atoms with Crippen molar-refractivity contribution in [1.82, 2.24) is 9.55 Å². The first-order valence-corrected chi connectivity index (χ1v) is 10.9. The molecular weight excluding hydrogens is 444 g/mol. The Balaban J connectivity index is 1.57. The standard InChI is InChI=1S/C23H22N4O5S/c1-15(28)16-7-3-5-9-18(16)25-20(29)13-32-22(31)17-8-4-6-10-19(17)26-21(30)14-33-23-24-11-12-27(23)2/h3-12H,13-14H2,1-2H3,(H,25,29)(H,26,30). The number of hydrogen-bond donors (Lipinski definition) is 2. The van der Waals surface area contributed by atoms with E-state index >= 15 is 0 Å². The molecule has 2 amide bonds. The minimum Gasteiger partial charge on any atom is -0.452 e. The molecule has 1 aromatic heterocycles. The van der Waals surface area contributed by atoms with Crippen LogP contribution in [0.3, 0.4) is 0 Å². The van der Waals surface area contributed by atoms with Crippen LogP contribution in [-0.2, 0) is 21.4 Å². The fourth-order valence-electron chi connectivity index (χ4n) is 2.87. The summed E-state index contributed by atoms with van der Waals surface area (Å²) in [5.74, 6) is -1.77. The quantitative estimate of drug-likeness (QED) is 0.282. The van der Waals surface area contributed by atoms with Crippen molar-refractivity contribution >= 4 is 46.7 Å². The Bertz CT molecular complexity index is 1190. The van der Waals surface area contributed by atoms with Gasteiger partial charge in [-0.05, 0) is 31.2 Å². The number of hydrogen-bond acceptors (Lipinski definition) is 7. The van der Waals surface area contributed by atoms with Crippen molar-refractivity contribution in [3.8, 4) is 0 Å². The molecule has 9 nitrogen and oxygen atoms in total. The van der Waals surface area contributed by atoms with Gasteiger partial charge in [0.2, 0.25) is 5.91 Å². The third-order valence-corrected chi connectivity index (χ3v) is 5.50. The first-order chi connectivity index (χ1) is 15.8.